The van der Waals surface area contributed by atoms with Crippen LogP contribution in [0, 0.1) is 0 Å². The maximum Gasteiger partial charge on any atom is 0.341 e. The molecule has 0 fully saturated rings. The fourth-order valence-electron chi connectivity index (χ4n) is 2.58. The molecular formula is C17H21NO4. The van der Waals surface area contributed by atoms with Gasteiger partial charge in [0.2, 0.25) is 0 Å². The summed E-state index contributed by atoms with van der Waals surface area (Å²) in [6.45, 7) is 2.46. The lowest BCUT2D eigenvalue weighted by Crippen LogP contribution is -2.17. The molecule has 0 spiro atoms. The van der Waals surface area contributed by atoms with Crippen LogP contribution in [0.2, 0.25) is 0 Å². The molecule has 0 unspecified atom stereocenters. The molecule has 1 aliphatic rings. The quantitative estimate of drug-likeness (QED) is 0.363. The molecule has 2 rings (SSSR count). The van der Waals surface area contributed by atoms with E-state index in [2.05, 4.69) is 11.2 Å². The normalized spacial score (nSPS) is 16.1. The van der Waals surface area contributed by atoms with Gasteiger partial charge in [-0.3, -0.25) is 0 Å². The number of rotatable bonds is 5. The number of ether oxygens (including phenoxy) is 2. The summed E-state index contributed by atoms with van der Waals surface area (Å²) < 4.78 is 9.91. The van der Waals surface area contributed by atoms with E-state index < -0.39 is 5.97 Å². The van der Waals surface area contributed by atoms with Gasteiger partial charge in [-0.1, -0.05) is 23.4 Å². The summed E-state index contributed by atoms with van der Waals surface area (Å²) in [7, 11) is 2.88. The largest absolute Gasteiger partial charge is 0.503 e. The second-order valence-corrected chi connectivity index (χ2v) is 4.95. The fourth-order valence-corrected chi connectivity index (χ4v) is 2.58. The van der Waals surface area contributed by atoms with Gasteiger partial charge in [-0.25, -0.2) is 4.79 Å². The Hall–Kier alpha value is -2.30. The summed E-state index contributed by atoms with van der Waals surface area (Å²) >= 11 is 0. The van der Waals surface area contributed by atoms with Crippen molar-refractivity contribution in [2.24, 2.45) is 5.16 Å². The number of carbonyl (C=O) groups excluding carboxylic acids is 1. The lowest BCUT2D eigenvalue weighted by molar-refractivity contribution is -0.133. The zero-order valence-electron chi connectivity index (χ0n) is 13.2. The van der Waals surface area contributed by atoms with Crippen LogP contribution in [-0.2, 0) is 31.9 Å². The van der Waals surface area contributed by atoms with Gasteiger partial charge in [0, 0.05) is 6.42 Å². The molecule has 0 N–H and O–H groups in total. The minimum absolute atomic E-state index is 0.413. The van der Waals surface area contributed by atoms with Crippen molar-refractivity contribution < 1.29 is 19.1 Å². The average molecular weight is 303 g/mol. The lowest BCUT2D eigenvalue weighted by Gasteiger charge is -2.21. The fraction of sp³-hybridized carbons (Fsp3) is 0.412. The number of benzene rings is 1. The van der Waals surface area contributed by atoms with Crippen molar-refractivity contribution in [1.29, 1.82) is 0 Å². The molecule has 0 radical (unpaired) electrons. The summed E-state index contributed by atoms with van der Waals surface area (Å²) in [4.78, 5) is 17.2. The van der Waals surface area contributed by atoms with Gasteiger partial charge >= 0.3 is 5.97 Å². The molecule has 0 saturated heterocycles. The number of carbonyl (C=O) groups is 1. The molecule has 5 heteroatoms. The Balaban J connectivity index is 2.43. The highest BCUT2D eigenvalue weighted by Gasteiger charge is 2.23. The molecule has 118 valence electrons. The van der Waals surface area contributed by atoms with Gasteiger partial charge in [-0.15, -0.1) is 0 Å². The molecule has 22 heavy (non-hydrogen) atoms. The molecule has 1 aromatic rings. The summed E-state index contributed by atoms with van der Waals surface area (Å²) in [5.74, 6) is -0.413. The summed E-state index contributed by atoms with van der Waals surface area (Å²) in [5, 5.41) is 4.16. The second-order valence-electron chi connectivity index (χ2n) is 4.95. The highest BCUT2D eigenvalue weighted by atomic mass is 16.6. The van der Waals surface area contributed by atoms with E-state index in [4.69, 9.17) is 14.3 Å². The third-order valence-electron chi connectivity index (χ3n) is 3.59. The summed E-state index contributed by atoms with van der Waals surface area (Å²) in [6.07, 6.45) is 3.85. The molecular weight excluding hydrogens is 282 g/mol. The van der Waals surface area contributed by atoms with Crippen molar-refractivity contribution in [2.75, 3.05) is 20.8 Å². The molecule has 0 saturated carbocycles. The van der Waals surface area contributed by atoms with Gasteiger partial charge in [0.1, 0.15) is 12.2 Å². The van der Waals surface area contributed by atoms with Crippen molar-refractivity contribution in [3.63, 3.8) is 0 Å². The first-order chi connectivity index (χ1) is 10.7. The zero-order valence-corrected chi connectivity index (χ0v) is 13.2. The third-order valence-corrected chi connectivity index (χ3v) is 3.59. The average Bonchev–Trinajstić information content (AvgIpc) is 2.56. The zero-order chi connectivity index (χ0) is 15.9. The monoisotopic (exact) mass is 303 g/mol. The number of esters is 1. The molecule has 0 aliphatic heterocycles. The molecule has 1 aromatic carbocycles. The Bertz CT molecular complexity index is 605. The van der Waals surface area contributed by atoms with Gasteiger partial charge < -0.3 is 14.3 Å². The van der Waals surface area contributed by atoms with Crippen molar-refractivity contribution in [2.45, 2.75) is 26.2 Å². The minimum Gasteiger partial charge on any atom is -0.503 e. The predicted octanol–water partition coefficient (Wildman–Crippen LogP) is 2.73. The van der Waals surface area contributed by atoms with Crippen LogP contribution >= 0.6 is 0 Å². The van der Waals surface area contributed by atoms with E-state index in [0.717, 1.165) is 29.7 Å². The van der Waals surface area contributed by atoms with Crippen molar-refractivity contribution in [3.05, 3.63) is 41.2 Å². The topological polar surface area (TPSA) is 57.1 Å². The first-order valence-electron chi connectivity index (χ1n) is 7.31. The predicted molar refractivity (Wildman–Crippen MR) is 84.5 cm³/mol. The highest BCUT2D eigenvalue weighted by molar-refractivity contribution is 6.17. The number of methoxy groups -OCH3 is 2. The molecule has 0 atom stereocenters. The van der Waals surface area contributed by atoms with Crippen LogP contribution in [0.5, 0.6) is 0 Å². The Morgan fingerprint density at radius 1 is 1.32 bits per heavy atom. The molecule has 0 aromatic heterocycles. The van der Waals surface area contributed by atoms with E-state index in [9.17, 15) is 4.79 Å². The number of fused-ring (bicyclic) bond motifs is 1. The van der Waals surface area contributed by atoms with Gasteiger partial charge in [0.05, 0.1) is 26.2 Å². The van der Waals surface area contributed by atoms with Gasteiger partial charge in [0.15, 0.2) is 0 Å². The van der Waals surface area contributed by atoms with E-state index in [1.54, 1.807) is 0 Å². The SMILES string of the molecule is CCO/N=C1/CCc2cccc(/C(=C\OC)C(=O)OC)c2C1. The van der Waals surface area contributed by atoms with Crippen molar-refractivity contribution in [3.8, 4) is 0 Å². The maximum absolute atomic E-state index is 12.0. The first kappa shape index (κ1) is 16.1. The standard InChI is InChI=1S/C17H21NO4/c1-4-22-18-13-9-8-12-6-5-7-14(15(12)10-13)16(11-20-2)17(19)21-3/h5-7,11H,4,8-10H2,1-3H3/b16-11+,18-13-. The summed E-state index contributed by atoms with van der Waals surface area (Å²) in [6, 6.07) is 5.94. The van der Waals surface area contributed by atoms with E-state index in [0.29, 0.717) is 18.6 Å². The van der Waals surface area contributed by atoms with Crippen molar-refractivity contribution in [1.82, 2.24) is 0 Å². The van der Waals surface area contributed by atoms with Gasteiger partial charge in [-0.2, -0.15) is 0 Å². The maximum atomic E-state index is 12.0. The van der Waals surface area contributed by atoms with Crippen LogP contribution in [-0.4, -0.2) is 32.5 Å². The van der Waals surface area contributed by atoms with Crippen LogP contribution in [0.1, 0.15) is 30.0 Å². The number of aryl methyl sites for hydroxylation is 1. The van der Waals surface area contributed by atoms with E-state index in [-0.39, 0.29) is 0 Å². The molecule has 0 amide bonds. The first-order valence-corrected chi connectivity index (χ1v) is 7.31. The number of nitrogens with zero attached hydrogens (tertiary/aromatic N) is 1. The Morgan fingerprint density at radius 2 is 2.14 bits per heavy atom. The van der Waals surface area contributed by atoms with Crippen LogP contribution in [0.25, 0.3) is 5.57 Å². The van der Waals surface area contributed by atoms with E-state index in [1.165, 1.54) is 26.0 Å². The third kappa shape index (κ3) is 3.47. The Labute approximate surface area is 130 Å². The second kappa shape index (κ2) is 7.64. The lowest BCUT2D eigenvalue weighted by atomic mass is 9.85. The number of hydrogen-bond acceptors (Lipinski definition) is 5. The van der Waals surface area contributed by atoms with E-state index in [1.807, 2.05) is 19.1 Å². The van der Waals surface area contributed by atoms with Gasteiger partial charge in [-0.05, 0) is 36.5 Å². The van der Waals surface area contributed by atoms with Crippen LogP contribution in [0.15, 0.2) is 29.6 Å². The number of hydrogen-bond donors (Lipinski definition) is 0. The Kier molecular flexibility index (Phi) is 5.58. The Morgan fingerprint density at radius 3 is 2.82 bits per heavy atom. The van der Waals surface area contributed by atoms with Crippen LogP contribution < -0.4 is 0 Å². The van der Waals surface area contributed by atoms with Crippen LogP contribution in [0.3, 0.4) is 0 Å². The molecule has 0 bridgehead atoms. The van der Waals surface area contributed by atoms with E-state index >= 15 is 0 Å². The molecule has 5 nitrogen and oxygen atoms in total. The summed E-state index contributed by atoms with van der Waals surface area (Å²) in [5.41, 5.74) is 4.54. The minimum atomic E-state index is -0.413. The van der Waals surface area contributed by atoms with Gasteiger partial charge in [0.25, 0.3) is 0 Å². The smallest absolute Gasteiger partial charge is 0.341 e. The van der Waals surface area contributed by atoms with Crippen molar-refractivity contribution >= 4 is 17.3 Å². The highest BCUT2D eigenvalue weighted by Crippen LogP contribution is 2.29. The van der Waals surface area contributed by atoms with Crippen LogP contribution in [0.4, 0.5) is 0 Å². The molecule has 1 aliphatic carbocycles. The molecule has 0 heterocycles. The number of oxime groups is 1.